The smallest absolute Gasteiger partial charge is 0.232 e. The summed E-state index contributed by atoms with van der Waals surface area (Å²) in [5.74, 6) is 1.64. The molecule has 0 radical (unpaired) electrons. The van der Waals surface area contributed by atoms with Crippen molar-refractivity contribution in [3.63, 3.8) is 0 Å². The number of rotatable bonds is 6. The maximum Gasteiger partial charge on any atom is 0.232 e. The van der Waals surface area contributed by atoms with Crippen LogP contribution >= 0.6 is 39.0 Å². The lowest BCUT2D eigenvalue weighted by molar-refractivity contribution is -0.130. The fraction of sp³-hybridized carbons (Fsp3) is 0.412. The Labute approximate surface area is 159 Å². The molecule has 2 aromatic heterocycles. The van der Waals surface area contributed by atoms with E-state index in [1.54, 1.807) is 29.3 Å². The number of carbonyl (C=O) groups is 1. The van der Waals surface area contributed by atoms with Crippen molar-refractivity contribution in [2.45, 2.75) is 12.3 Å². The lowest BCUT2D eigenvalue weighted by Crippen LogP contribution is -2.48. The summed E-state index contributed by atoms with van der Waals surface area (Å²) >= 11 is 6.96. The molecule has 0 N–H and O–H groups in total. The first-order chi connectivity index (χ1) is 11.7. The number of thioether (sulfide) groups is 1. The molecule has 24 heavy (non-hydrogen) atoms. The number of aromatic nitrogens is 1. The van der Waals surface area contributed by atoms with E-state index in [4.69, 9.17) is 0 Å². The van der Waals surface area contributed by atoms with Gasteiger partial charge in [0.2, 0.25) is 5.91 Å². The SMILES string of the molecule is O=C(CSCc1cccnc1)N1CCN(Cc2ccc(Br)s2)CC1. The van der Waals surface area contributed by atoms with Crippen LogP contribution in [0.2, 0.25) is 0 Å². The fourth-order valence-electron chi connectivity index (χ4n) is 2.64. The van der Waals surface area contributed by atoms with Crippen molar-refractivity contribution in [3.05, 3.63) is 50.9 Å². The molecule has 1 aliphatic rings. The van der Waals surface area contributed by atoms with E-state index in [-0.39, 0.29) is 5.91 Å². The van der Waals surface area contributed by atoms with Crippen LogP contribution in [0.3, 0.4) is 0 Å². The van der Waals surface area contributed by atoms with Crippen molar-refractivity contribution in [1.82, 2.24) is 14.8 Å². The molecule has 0 aliphatic carbocycles. The van der Waals surface area contributed by atoms with E-state index in [1.807, 2.05) is 23.2 Å². The van der Waals surface area contributed by atoms with Gasteiger partial charge in [0.15, 0.2) is 0 Å². The predicted octanol–water partition coefficient (Wildman–Crippen LogP) is 3.48. The Morgan fingerprint density at radius 1 is 1.25 bits per heavy atom. The van der Waals surface area contributed by atoms with Gasteiger partial charge < -0.3 is 4.90 Å². The van der Waals surface area contributed by atoms with E-state index in [9.17, 15) is 4.79 Å². The third-order valence-electron chi connectivity index (χ3n) is 3.95. The van der Waals surface area contributed by atoms with Crippen molar-refractivity contribution in [2.75, 3.05) is 31.9 Å². The Morgan fingerprint density at radius 2 is 2.08 bits per heavy atom. The number of piperazine rings is 1. The molecule has 0 spiro atoms. The molecule has 0 aromatic carbocycles. The van der Waals surface area contributed by atoms with Crippen LogP contribution in [0.15, 0.2) is 40.4 Å². The zero-order chi connectivity index (χ0) is 16.8. The molecule has 3 heterocycles. The number of hydrogen-bond donors (Lipinski definition) is 0. The van der Waals surface area contributed by atoms with Gasteiger partial charge in [-0.15, -0.1) is 23.1 Å². The zero-order valence-corrected chi connectivity index (χ0v) is 16.6. The van der Waals surface area contributed by atoms with Gasteiger partial charge in [-0.2, -0.15) is 0 Å². The van der Waals surface area contributed by atoms with Crippen molar-refractivity contribution < 1.29 is 4.79 Å². The molecule has 4 nitrogen and oxygen atoms in total. The Balaban J connectivity index is 1.37. The molecule has 1 fully saturated rings. The van der Waals surface area contributed by atoms with Crippen LogP contribution in [-0.4, -0.2) is 52.6 Å². The summed E-state index contributed by atoms with van der Waals surface area (Å²) in [5, 5.41) is 0. The highest BCUT2D eigenvalue weighted by Gasteiger charge is 2.21. The summed E-state index contributed by atoms with van der Waals surface area (Å²) in [6.45, 7) is 4.55. The number of amides is 1. The number of hydrogen-bond acceptors (Lipinski definition) is 5. The minimum absolute atomic E-state index is 0.252. The third kappa shape index (κ3) is 5.31. The van der Waals surface area contributed by atoms with Crippen LogP contribution in [0.25, 0.3) is 0 Å². The summed E-state index contributed by atoms with van der Waals surface area (Å²) in [6, 6.07) is 8.25. The number of thiophene rings is 1. The number of halogens is 1. The summed E-state index contributed by atoms with van der Waals surface area (Å²) in [6.07, 6.45) is 3.63. The zero-order valence-electron chi connectivity index (χ0n) is 13.4. The van der Waals surface area contributed by atoms with Gasteiger partial charge in [0.05, 0.1) is 9.54 Å². The molecule has 1 aliphatic heterocycles. The van der Waals surface area contributed by atoms with E-state index in [0.29, 0.717) is 5.75 Å². The van der Waals surface area contributed by atoms with E-state index in [2.05, 4.69) is 37.9 Å². The second-order valence-corrected chi connectivity index (χ2v) is 9.25. The first-order valence-corrected chi connectivity index (χ1v) is 10.7. The summed E-state index contributed by atoms with van der Waals surface area (Å²) in [5.41, 5.74) is 1.17. The Hall–Kier alpha value is -0.890. The molecule has 3 rings (SSSR count). The van der Waals surface area contributed by atoms with E-state index >= 15 is 0 Å². The third-order valence-corrected chi connectivity index (χ3v) is 6.55. The van der Waals surface area contributed by atoms with Gasteiger partial charge >= 0.3 is 0 Å². The van der Waals surface area contributed by atoms with Crippen LogP contribution in [0.1, 0.15) is 10.4 Å². The molecule has 0 bridgehead atoms. The van der Waals surface area contributed by atoms with Crippen LogP contribution in [0, 0.1) is 0 Å². The Kier molecular flexibility index (Phi) is 6.71. The second kappa shape index (κ2) is 8.99. The molecule has 7 heteroatoms. The molecule has 1 amide bonds. The van der Waals surface area contributed by atoms with E-state index < -0.39 is 0 Å². The molecule has 128 valence electrons. The van der Waals surface area contributed by atoms with Gasteiger partial charge in [0.1, 0.15) is 0 Å². The predicted molar refractivity (Wildman–Crippen MR) is 104 cm³/mol. The van der Waals surface area contributed by atoms with Crippen molar-refractivity contribution in [1.29, 1.82) is 0 Å². The van der Waals surface area contributed by atoms with Crippen LogP contribution in [0.5, 0.6) is 0 Å². The first-order valence-electron chi connectivity index (χ1n) is 7.92. The monoisotopic (exact) mass is 425 g/mol. The summed E-state index contributed by atoms with van der Waals surface area (Å²) in [7, 11) is 0. The maximum absolute atomic E-state index is 12.3. The lowest BCUT2D eigenvalue weighted by Gasteiger charge is -2.34. The number of nitrogens with zero attached hydrogens (tertiary/aromatic N) is 3. The molecule has 1 saturated heterocycles. The average molecular weight is 426 g/mol. The highest BCUT2D eigenvalue weighted by Crippen LogP contribution is 2.23. The number of carbonyl (C=O) groups excluding carboxylic acids is 1. The molecule has 0 unspecified atom stereocenters. The Morgan fingerprint density at radius 3 is 2.75 bits per heavy atom. The average Bonchev–Trinajstić information content (AvgIpc) is 3.01. The standard InChI is InChI=1S/C17H20BrN3OS2/c18-16-4-3-15(24-16)11-20-6-8-21(9-7-20)17(22)13-23-12-14-2-1-5-19-10-14/h1-5,10H,6-9,11-13H2. The normalized spacial score (nSPS) is 15.6. The highest BCUT2D eigenvalue weighted by atomic mass is 79.9. The number of pyridine rings is 1. The van der Waals surface area contributed by atoms with Gasteiger partial charge in [0, 0.05) is 55.7 Å². The first kappa shape index (κ1) is 17.9. The molecule has 2 aromatic rings. The van der Waals surface area contributed by atoms with Crippen LogP contribution in [-0.2, 0) is 17.1 Å². The fourth-order valence-corrected chi connectivity index (χ4v) is 5.03. The van der Waals surface area contributed by atoms with Crippen LogP contribution in [0.4, 0.5) is 0 Å². The van der Waals surface area contributed by atoms with Gasteiger partial charge in [-0.25, -0.2) is 0 Å². The minimum atomic E-state index is 0.252. The van der Waals surface area contributed by atoms with Crippen LogP contribution < -0.4 is 0 Å². The van der Waals surface area contributed by atoms with Crippen molar-refractivity contribution >= 4 is 44.9 Å². The second-order valence-electron chi connectivity index (χ2n) is 5.72. The lowest BCUT2D eigenvalue weighted by atomic mass is 10.3. The summed E-state index contributed by atoms with van der Waals surface area (Å²) < 4.78 is 1.18. The molecule has 0 saturated carbocycles. The van der Waals surface area contributed by atoms with Gasteiger partial charge in [0.25, 0.3) is 0 Å². The van der Waals surface area contributed by atoms with Crippen molar-refractivity contribution in [3.8, 4) is 0 Å². The molecular weight excluding hydrogens is 406 g/mol. The maximum atomic E-state index is 12.3. The largest absolute Gasteiger partial charge is 0.339 e. The van der Waals surface area contributed by atoms with Gasteiger partial charge in [-0.1, -0.05) is 6.07 Å². The molecule has 0 atom stereocenters. The van der Waals surface area contributed by atoms with E-state index in [0.717, 1.165) is 38.5 Å². The summed E-state index contributed by atoms with van der Waals surface area (Å²) in [4.78, 5) is 22.2. The quantitative estimate of drug-likeness (QED) is 0.709. The Bertz CT molecular complexity index is 657. The van der Waals surface area contributed by atoms with Gasteiger partial charge in [-0.3, -0.25) is 14.7 Å². The molecular formula is C17H20BrN3OS2. The topological polar surface area (TPSA) is 36.4 Å². The minimum Gasteiger partial charge on any atom is -0.339 e. The van der Waals surface area contributed by atoms with Gasteiger partial charge in [-0.05, 0) is 39.7 Å². The van der Waals surface area contributed by atoms with E-state index in [1.165, 1.54) is 14.2 Å². The van der Waals surface area contributed by atoms with Crippen molar-refractivity contribution in [2.24, 2.45) is 0 Å². The highest BCUT2D eigenvalue weighted by molar-refractivity contribution is 9.11.